The molecule has 1 amide bonds. The molecule has 3 rings (SSSR count). The number of fused-ring (bicyclic) bond motifs is 1. The first kappa shape index (κ1) is 14.1. The predicted molar refractivity (Wildman–Crippen MR) is 81.4 cm³/mol. The third kappa shape index (κ3) is 3.06. The van der Waals surface area contributed by atoms with Crippen molar-refractivity contribution in [2.45, 2.75) is 6.54 Å². The molecule has 112 valence electrons. The minimum atomic E-state index is -0.114. The van der Waals surface area contributed by atoms with Gasteiger partial charge in [0, 0.05) is 13.2 Å². The largest absolute Gasteiger partial charge is 0.484 e. The number of benzene rings is 1. The minimum Gasteiger partial charge on any atom is -0.484 e. The van der Waals surface area contributed by atoms with E-state index in [-0.39, 0.29) is 12.5 Å². The molecule has 6 nitrogen and oxygen atoms in total. The van der Waals surface area contributed by atoms with Crippen molar-refractivity contribution >= 4 is 11.6 Å². The van der Waals surface area contributed by atoms with E-state index in [4.69, 9.17) is 4.74 Å². The van der Waals surface area contributed by atoms with Gasteiger partial charge in [0.2, 0.25) is 0 Å². The molecule has 1 aromatic carbocycles. The Morgan fingerprint density at radius 2 is 1.91 bits per heavy atom. The van der Waals surface area contributed by atoms with Gasteiger partial charge in [-0.1, -0.05) is 24.3 Å². The summed E-state index contributed by atoms with van der Waals surface area (Å²) in [5.74, 6) is 1.28. The first-order valence-electron chi connectivity index (χ1n) is 6.94. The fourth-order valence-electron chi connectivity index (χ4n) is 2.07. The molecule has 3 aromatic rings. The summed E-state index contributed by atoms with van der Waals surface area (Å²) in [6.45, 7) is 0.374. The summed E-state index contributed by atoms with van der Waals surface area (Å²) in [7, 11) is 1.72. The SMILES string of the molecule is CN(Cc1nnc2ccccn12)C(=O)COc1ccccc1. The van der Waals surface area contributed by atoms with Crippen LogP contribution >= 0.6 is 0 Å². The van der Waals surface area contributed by atoms with Gasteiger partial charge >= 0.3 is 0 Å². The number of rotatable bonds is 5. The Labute approximate surface area is 128 Å². The highest BCUT2D eigenvalue weighted by molar-refractivity contribution is 5.77. The van der Waals surface area contributed by atoms with Crippen LogP contribution in [0, 0.1) is 0 Å². The van der Waals surface area contributed by atoms with Crippen LogP contribution in [-0.4, -0.2) is 39.1 Å². The number of hydrogen-bond donors (Lipinski definition) is 0. The highest BCUT2D eigenvalue weighted by Gasteiger charge is 2.13. The average molecular weight is 296 g/mol. The number of aromatic nitrogens is 3. The van der Waals surface area contributed by atoms with Gasteiger partial charge < -0.3 is 9.64 Å². The summed E-state index contributed by atoms with van der Waals surface area (Å²) >= 11 is 0. The second-order valence-electron chi connectivity index (χ2n) is 4.90. The van der Waals surface area contributed by atoms with E-state index < -0.39 is 0 Å². The van der Waals surface area contributed by atoms with Crippen LogP contribution in [-0.2, 0) is 11.3 Å². The minimum absolute atomic E-state index is 0.00273. The standard InChI is InChI=1S/C16H16N4O2/c1-19(16(21)12-22-13-7-3-2-4-8-13)11-15-18-17-14-9-5-6-10-20(14)15/h2-10H,11-12H2,1H3. The van der Waals surface area contributed by atoms with E-state index >= 15 is 0 Å². The van der Waals surface area contributed by atoms with E-state index in [1.807, 2.05) is 59.1 Å². The van der Waals surface area contributed by atoms with Crippen LogP contribution in [0.25, 0.3) is 5.65 Å². The predicted octanol–water partition coefficient (Wildman–Crippen LogP) is 1.77. The first-order chi connectivity index (χ1) is 10.7. The number of carbonyl (C=O) groups excluding carboxylic acids is 1. The molecule has 0 bridgehead atoms. The van der Waals surface area contributed by atoms with E-state index in [1.165, 1.54) is 0 Å². The Kier molecular flexibility index (Phi) is 4.00. The van der Waals surface area contributed by atoms with Crippen LogP contribution in [0.3, 0.4) is 0 Å². The highest BCUT2D eigenvalue weighted by atomic mass is 16.5. The van der Waals surface area contributed by atoms with Crippen molar-refractivity contribution in [3.05, 3.63) is 60.6 Å². The van der Waals surface area contributed by atoms with E-state index in [1.54, 1.807) is 11.9 Å². The van der Waals surface area contributed by atoms with Gasteiger partial charge in [0.15, 0.2) is 18.1 Å². The summed E-state index contributed by atoms with van der Waals surface area (Å²) in [4.78, 5) is 13.7. The zero-order valence-electron chi connectivity index (χ0n) is 12.2. The maximum absolute atomic E-state index is 12.1. The lowest BCUT2D eigenvalue weighted by atomic mass is 10.3. The van der Waals surface area contributed by atoms with Crippen LogP contribution in [0.15, 0.2) is 54.7 Å². The molecule has 0 radical (unpaired) electrons. The number of hydrogen-bond acceptors (Lipinski definition) is 4. The van der Waals surface area contributed by atoms with Crippen LogP contribution in [0.5, 0.6) is 5.75 Å². The molecular weight excluding hydrogens is 280 g/mol. The smallest absolute Gasteiger partial charge is 0.260 e. The number of likely N-dealkylation sites (N-methyl/N-ethyl adjacent to an activating group) is 1. The van der Waals surface area contributed by atoms with Crippen molar-refractivity contribution in [1.29, 1.82) is 0 Å². The molecule has 0 aliphatic heterocycles. The maximum atomic E-state index is 12.1. The summed E-state index contributed by atoms with van der Waals surface area (Å²) in [5.41, 5.74) is 0.763. The molecule has 0 saturated heterocycles. The van der Waals surface area contributed by atoms with Crippen molar-refractivity contribution in [1.82, 2.24) is 19.5 Å². The number of para-hydroxylation sites is 1. The van der Waals surface area contributed by atoms with Gasteiger partial charge in [-0.15, -0.1) is 10.2 Å². The van der Waals surface area contributed by atoms with Crippen molar-refractivity contribution in [3.63, 3.8) is 0 Å². The van der Waals surface area contributed by atoms with Gasteiger partial charge in [-0.25, -0.2) is 0 Å². The molecule has 6 heteroatoms. The molecule has 0 N–H and O–H groups in total. The van der Waals surface area contributed by atoms with E-state index in [0.717, 1.165) is 5.65 Å². The van der Waals surface area contributed by atoms with Crippen LogP contribution in [0.4, 0.5) is 0 Å². The molecule has 0 spiro atoms. The van der Waals surface area contributed by atoms with Crippen LogP contribution in [0.1, 0.15) is 5.82 Å². The Balaban J connectivity index is 1.61. The van der Waals surface area contributed by atoms with Gasteiger partial charge in [-0.3, -0.25) is 9.20 Å². The highest BCUT2D eigenvalue weighted by Crippen LogP contribution is 2.09. The molecule has 0 unspecified atom stereocenters. The lowest BCUT2D eigenvalue weighted by Gasteiger charge is -2.16. The summed E-state index contributed by atoms with van der Waals surface area (Å²) in [6, 6.07) is 14.9. The third-order valence-corrected chi connectivity index (χ3v) is 3.29. The Morgan fingerprint density at radius 3 is 2.73 bits per heavy atom. The maximum Gasteiger partial charge on any atom is 0.260 e. The topological polar surface area (TPSA) is 59.7 Å². The Bertz CT molecular complexity index is 770. The summed E-state index contributed by atoms with van der Waals surface area (Å²) < 4.78 is 7.32. The second kappa shape index (κ2) is 6.26. The van der Waals surface area contributed by atoms with Crippen molar-refractivity contribution in [3.8, 4) is 5.75 Å². The van der Waals surface area contributed by atoms with Crippen molar-refractivity contribution in [2.24, 2.45) is 0 Å². The van der Waals surface area contributed by atoms with Crippen molar-refractivity contribution in [2.75, 3.05) is 13.7 Å². The monoisotopic (exact) mass is 296 g/mol. The fourth-order valence-corrected chi connectivity index (χ4v) is 2.07. The number of nitrogens with zero attached hydrogens (tertiary/aromatic N) is 4. The van der Waals surface area contributed by atoms with Gasteiger partial charge in [0.1, 0.15) is 5.75 Å². The molecule has 0 aliphatic rings. The molecule has 0 fully saturated rings. The number of amides is 1. The molecule has 0 atom stereocenters. The molecule has 2 aromatic heterocycles. The second-order valence-corrected chi connectivity index (χ2v) is 4.90. The molecule has 2 heterocycles. The number of ether oxygens (including phenoxy) is 1. The van der Waals surface area contributed by atoms with Gasteiger partial charge in [-0.2, -0.15) is 0 Å². The lowest BCUT2D eigenvalue weighted by molar-refractivity contribution is -0.132. The molecule has 0 aliphatic carbocycles. The number of pyridine rings is 1. The first-order valence-corrected chi connectivity index (χ1v) is 6.94. The van der Waals surface area contributed by atoms with E-state index in [2.05, 4.69) is 10.2 Å². The Morgan fingerprint density at radius 1 is 1.14 bits per heavy atom. The third-order valence-electron chi connectivity index (χ3n) is 3.29. The average Bonchev–Trinajstić information content (AvgIpc) is 2.97. The van der Waals surface area contributed by atoms with Gasteiger partial charge in [0.05, 0.1) is 6.54 Å². The summed E-state index contributed by atoms with van der Waals surface area (Å²) in [6.07, 6.45) is 1.88. The van der Waals surface area contributed by atoms with Crippen molar-refractivity contribution < 1.29 is 9.53 Å². The normalized spacial score (nSPS) is 10.6. The fraction of sp³-hybridized carbons (Fsp3) is 0.188. The van der Waals surface area contributed by atoms with E-state index in [9.17, 15) is 4.79 Å². The summed E-state index contributed by atoms with van der Waals surface area (Å²) in [5, 5.41) is 8.18. The lowest BCUT2D eigenvalue weighted by Crippen LogP contribution is -2.31. The zero-order chi connectivity index (χ0) is 15.4. The van der Waals surface area contributed by atoms with Crippen LogP contribution in [0.2, 0.25) is 0 Å². The zero-order valence-corrected chi connectivity index (χ0v) is 12.2. The quantitative estimate of drug-likeness (QED) is 0.720. The van der Waals surface area contributed by atoms with Crippen LogP contribution < -0.4 is 4.74 Å². The number of carbonyl (C=O) groups is 1. The van der Waals surface area contributed by atoms with E-state index in [0.29, 0.717) is 18.1 Å². The molecule has 22 heavy (non-hydrogen) atoms. The molecule has 0 saturated carbocycles. The van der Waals surface area contributed by atoms with Gasteiger partial charge in [-0.05, 0) is 24.3 Å². The Hall–Kier alpha value is -2.89. The molecular formula is C16H16N4O2. The van der Waals surface area contributed by atoms with Gasteiger partial charge in [0.25, 0.3) is 5.91 Å².